The highest BCUT2D eigenvalue weighted by Crippen LogP contribution is 2.31. The van der Waals surface area contributed by atoms with Gasteiger partial charge in [0.05, 0.1) is 30.9 Å². The number of carbonyl (C=O) groups is 1. The number of anilines is 1. The lowest BCUT2D eigenvalue weighted by atomic mass is 10.1. The molecule has 2 aromatic carbocycles. The Hall–Kier alpha value is -3.02. The minimum Gasteiger partial charge on any atom is -0.497 e. The number of ether oxygens (including phenoxy) is 3. The number of hydrogen-bond acceptors (Lipinski definition) is 6. The second kappa shape index (κ2) is 6.00. The topological polar surface area (TPSA) is 83.7 Å². The quantitative estimate of drug-likeness (QED) is 0.590. The minimum absolute atomic E-state index is 0.109. The zero-order valence-corrected chi connectivity index (χ0v) is 12.8. The molecular formula is C17H16N2O4. The van der Waals surface area contributed by atoms with Gasteiger partial charge in [-0.25, -0.2) is 9.78 Å². The first kappa shape index (κ1) is 14.9. The third-order valence-electron chi connectivity index (χ3n) is 3.61. The molecule has 0 fully saturated rings. The van der Waals surface area contributed by atoms with Crippen LogP contribution in [0.15, 0.2) is 36.4 Å². The van der Waals surface area contributed by atoms with Crippen molar-refractivity contribution in [2.75, 3.05) is 20.0 Å². The van der Waals surface area contributed by atoms with E-state index in [0.29, 0.717) is 5.69 Å². The molecule has 1 aromatic heterocycles. The molecule has 0 atom stereocenters. The van der Waals surface area contributed by atoms with Gasteiger partial charge in [-0.3, -0.25) is 0 Å². The SMILES string of the molecule is COC(=O)OCc1ccc2nc3ccc(OC)cc3c(N)c2c1. The standard InChI is InChI=1S/C17H16N2O4/c1-21-11-4-6-15-13(8-11)16(18)12-7-10(3-5-14(12)19-15)9-23-17(20)22-2/h3-8H,9H2,1-2H3,(H2,18,19). The number of aromatic nitrogens is 1. The summed E-state index contributed by atoms with van der Waals surface area (Å²) in [5.74, 6) is 0.718. The molecule has 0 unspecified atom stereocenters. The fraction of sp³-hybridized carbons (Fsp3) is 0.176. The number of rotatable bonds is 3. The van der Waals surface area contributed by atoms with Crippen LogP contribution in [-0.4, -0.2) is 25.4 Å². The third-order valence-corrected chi connectivity index (χ3v) is 3.61. The molecule has 0 aliphatic heterocycles. The summed E-state index contributed by atoms with van der Waals surface area (Å²) in [5, 5.41) is 1.62. The van der Waals surface area contributed by atoms with E-state index in [1.807, 2.05) is 36.4 Å². The lowest BCUT2D eigenvalue weighted by Crippen LogP contribution is -2.04. The lowest BCUT2D eigenvalue weighted by molar-refractivity contribution is 0.0669. The highest BCUT2D eigenvalue weighted by atomic mass is 16.7. The monoisotopic (exact) mass is 312 g/mol. The third kappa shape index (κ3) is 2.83. The molecule has 1 heterocycles. The Kier molecular flexibility index (Phi) is 3.89. The van der Waals surface area contributed by atoms with Crippen molar-refractivity contribution in [2.45, 2.75) is 6.61 Å². The number of methoxy groups -OCH3 is 2. The number of carbonyl (C=O) groups excluding carboxylic acids is 1. The van der Waals surface area contributed by atoms with Gasteiger partial charge in [0.15, 0.2) is 0 Å². The largest absolute Gasteiger partial charge is 0.508 e. The molecule has 0 aliphatic carbocycles. The van der Waals surface area contributed by atoms with Gasteiger partial charge in [0.1, 0.15) is 12.4 Å². The van der Waals surface area contributed by atoms with Crippen LogP contribution in [-0.2, 0) is 16.1 Å². The van der Waals surface area contributed by atoms with Gasteiger partial charge < -0.3 is 19.9 Å². The smallest absolute Gasteiger partial charge is 0.497 e. The Morgan fingerprint density at radius 1 is 1.09 bits per heavy atom. The fourth-order valence-electron chi connectivity index (χ4n) is 2.42. The van der Waals surface area contributed by atoms with Gasteiger partial charge in [-0.1, -0.05) is 6.07 Å². The predicted molar refractivity (Wildman–Crippen MR) is 87.4 cm³/mol. The van der Waals surface area contributed by atoms with Crippen LogP contribution in [0.3, 0.4) is 0 Å². The summed E-state index contributed by atoms with van der Waals surface area (Å²) in [7, 11) is 2.87. The molecule has 23 heavy (non-hydrogen) atoms. The van der Waals surface area contributed by atoms with E-state index in [0.717, 1.165) is 33.1 Å². The Morgan fingerprint density at radius 2 is 1.78 bits per heavy atom. The van der Waals surface area contributed by atoms with Crippen molar-refractivity contribution in [1.29, 1.82) is 0 Å². The van der Waals surface area contributed by atoms with Crippen LogP contribution in [0.2, 0.25) is 0 Å². The molecule has 3 aromatic rings. The number of hydrogen-bond donors (Lipinski definition) is 1. The summed E-state index contributed by atoms with van der Waals surface area (Å²) in [6, 6.07) is 11.1. The highest BCUT2D eigenvalue weighted by Gasteiger charge is 2.09. The molecule has 0 radical (unpaired) electrons. The van der Waals surface area contributed by atoms with Gasteiger partial charge in [-0.2, -0.15) is 0 Å². The van der Waals surface area contributed by atoms with Crippen LogP contribution >= 0.6 is 0 Å². The van der Waals surface area contributed by atoms with Gasteiger partial charge >= 0.3 is 6.16 Å². The van der Waals surface area contributed by atoms with Gasteiger partial charge in [0.2, 0.25) is 0 Å². The second-order valence-corrected chi connectivity index (χ2v) is 5.00. The van der Waals surface area contributed by atoms with Crippen molar-refractivity contribution in [3.8, 4) is 5.75 Å². The zero-order valence-electron chi connectivity index (χ0n) is 12.8. The van der Waals surface area contributed by atoms with Gasteiger partial charge in [0, 0.05) is 10.8 Å². The molecular weight excluding hydrogens is 296 g/mol. The summed E-state index contributed by atoms with van der Waals surface area (Å²) in [4.78, 5) is 15.7. The summed E-state index contributed by atoms with van der Waals surface area (Å²) < 4.78 is 14.6. The molecule has 118 valence electrons. The number of nitrogens with two attached hydrogens (primary N) is 1. The van der Waals surface area contributed by atoms with E-state index in [-0.39, 0.29) is 6.61 Å². The average Bonchev–Trinajstić information content (AvgIpc) is 2.59. The van der Waals surface area contributed by atoms with Crippen molar-refractivity contribution in [3.05, 3.63) is 42.0 Å². The maximum absolute atomic E-state index is 11.1. The molecule has 3 rings (SSSR count). The fourth-order valence-corrected chi connectivity index (χ4v) is 2.42. The van der Waals surface area contributed by atoms with E-state index >= 15 is 0 Å². The summed E-state index contributed by atoms with van der Waals surface area (Å²) in [6.45, 7) is 0.109. The molecule has 0 bridgehead atoms. The first-order valence-electron chi connectivity index (χ1n) is 6.99. The maximum Gasteiger partial charge on any atom is 0.508 e. The van der Waals surface area contributed by atoms with Crippen molar-refractivity contribution in [3.63, 3.8) is 0 Å². The van der Waals surface area contributed by atoms with Crippen LogP contribution in [0.5, 0.6) is 5.75 Å². The van der Waals surface area contributed by atoms with Crippen molar-refractivity contribution in [1.82, 2.24) is 4.98 Å². The Bertz CT molecular complexity index is 893. The van der Waals surface area contributed by atoms with E-state index in [2.05, 4.69) is 9.72 Å². The van der Waals surface area contributed by atoms with E-state index in [1.165, 1.54) is 7.11 Å². The van der Waals surface area contributed by atoms with Gasteiger partial charge in [0.25, 0.3) is 0 Å². The number of fused-ring (bicyclic) bond motifs is 2. The van der Waals surface area contributed by atoms with Crippen molar-refractivity contribution in [2.24, 2.45) is 0 Å². The summed E-state index contributed by atoms with van der Waals surface area (Å²) >= 11 is 0. The summed E-state index contributed by atoms with van der Waals surface area (Å²) in [5.41, 5.74) is 9.30. The van der Waals surface area contributed by atoms with Crippen molar-refractivity contribution >= 4 is 33.6 Å². The van der Waals surface area contributed by atoms with Crippen LogP contribution < -0.4 is 10.5 Å². The Balaban J connectivity index is 2.08. The van der Waals surface area contributed by atoms with Crippen molar-refractivity contribution < 1.29 is 19.0 Å². The molecule has 0 spiro atoms. The number of nitrogen functional groups attached to an aromatic ring is 1. The van der Waals surface area contributed by atoms with E-state index in [4.69, 9.17) is 15.2 Å². The Labute approximate surface area is 132 Å². The molecule has 0 saturated carbocycles. The first-order valence-corrected chi connectivity index (χ1v) is 6.99. The first-order chi connectivity index (χ1) is 11.1. The number of benzene rings is 2. The average molecular weight is 312 g/mol. The van der Waals surface area contributed by atoms with E-state index in [9.17, 15) is 4.79 Å². The van der Waals surface area contributed by atoms with Crippen LogP contribution in [0.25, 0.3) is 21.8 Å². The second-order valence-electron chi connectivity index (χ2n) is 5.00. The number of pyridine rings is 1. The maximum atomic E-state index is 11.1. The van der Waals surface area contributed by atoms with Crippen LogP contribution in [0.4, 0.5) is 10.5 Å². The highest BCUT2D eigenvalue weighted by molar-refractivity contribution is 6.06. The molecule has 6 nitrogen and oxygen atoms in total. The molecule has 0 amide bonds. The lowest BCUT2D eigenvalue weighted by Gasteiger charge is -2.10. The number of nitrogens with zero attached hydrogens (tertiary/aromatic N) is 1. The predicted octanol–water partition coefficient (Wildman–Crippen LogP) is 3.26. The van der Waals surface area contributed by atoms with Crippen LogP contribution in [0.1, 0.15) is 5.56 Å². The molecule has 0 aliphatic rings. The zero-order chi connectivity index (χ0) is 16.4. The summed E-state index contributed by atoms with van der Waals surface area (Å²) in [6.07, 6.45) is -0.723. The Morgan fingerprint density at radius 3 is 2.48 bits per heavy atom. The van der Waals surface area contributed by atoms with E-state index < -0.39 is 6.16 Å². The van der Waals surface area contributed by atoms with E-state index in [1.54, 1.807) is 7.11 Å². The molecule has 2 N–H and O–H groups in total. The van der Waals surface area contributed by atoms with Crippen LogP contribution in [0, 0.1) is 0 Å². The van der Waals surface area contributed by atoms with Gasteiger partial charge in [-0.15, -0.1) is 0 Å². The minimum atomic E-state index is -0.723. The normalized spacial score (nSPS) is 10.7. The van der Waals surface area contributed by atoms with Gasteiger partial charge in [-0.05, 0) is 35.9 Å². The molecule has 0 saturated heterocycles. The molecule has 6 heteroatoms.